The van der Waals surface area contributed by atoms with Crippen molar-refractivity contribution in [3.63, 3.8) is 0 Å². The van der Waals surface area contributed by atoms with Crippen LogP contribution in [0.5, 0.6) is 0 Å². The lowest BCUT2D eigenvalue weighted by Gasteiger charge is -2.09. The number of carbonyl (C=O) groups is 2. The van der Waals surface area contributed by atoms with Gasteiger partial charge in [0.1, 0.15) is 12.3 Å². The Bertz CT molecular complexity index is 294. The van der Waals surface area contributed by atoms with E-state index in [1.54, 1.807) is 0 Å². The van der Waals surface area contributed by atoms with E-state index < -0.39 is 12.0 Å². The molecular formula is C9H17N3O3S. The predicted octanol–water partition coefficient (Wildman–Crippen LogP) is -0.415. The number of aldehydes is 1. The highest BCUT2D eigenvalue weighted by atomic mass is 32.1. The topological polar surface area (TPSA) is 95.7 Å². The number of carboxylic acids is 1. The molecule has 0 aromatic rings. The summed E-state index contributed by atoms with van der Waals surface area (Å²) in [6.07, 6.45) is 1.04. The van der Waals surface area contributed by atoms with Gasteiger partial charge in [0, 0.05) is 19.2 Å². The Kier molecular flexibility index (Phi) is 6.59. The highest BCUT2D eigenvalue weighted by Crippen LogP contribution is 2.19. The molecule has 1 rings (SSSR count). The van der Waals surface area contributed by atoms with Gasteiger partial charge < -0.3 is 25.9 Å². The Morgan fingerprint density at radius 1 is 1.81 bits per heavy atom. The molecule has 0 radical (unpaired) electrons. The lowest BCUT2D eigenvalue weighted by atomic mass is 10.2. The molecule has 1 aliphatic rings. The number of aliphatic carboxylic acids is 1. The average Bonchev–Trinajstić information content (AvgIpc) is 2.51. The van der Waals surface area contributed by atoms with Gasteiger partial charge in [-0.15, -0.1) is 12.6 Å². The molecule has 0 aliphatic carbocycles. The molecule has 0 saturated carbocycles. The van der Waals surface area contributed by atoms with E-state index in [-0.39, 0.29) is 0 Å². The molecule has 1 unspecified atom stereocenters. The van der Waals surface area contributed by atoms with Crippen LogP contribution in [0.15, 0.2) is 10.7 Å². The van der Waals surface area contributed by atoms with Crippen molar-refractivity contribution in [2.24, 2.45) is 5.73 Å². The highest BCUT2D eigenvalue weighted by molar-refractivity contribution is 7.84. The maximum Gasteiger partial charge on any atom is 0.320 e. The van der Waals surface area contributed by atoms with Gasteiger partial charge in [0.25, 0.3) is 0 Å². The smallest absolute Gasteiger partial charge is 0.320 e. The Morgan fingerprint density at radius 2 is 2.31 bits per heavy atom. The largest absolute Gasteiger partial charge is 0.480 e. The van der Waals surface area contributed by atoms with E-state index in [4.69, 9.17) is 15.6 Å². The minimum absolute atomic E-state index is 0.290. The van der Waals surface area contributed by atoms with Gasteiger partial charge in [-0.1, -0.05) is 0 Å². The Balaban J connectivity index is 0.000000673. The molecule has 1 heterocycles. The second-order valence-electron chi connectivity index (χ2n) is 3.22. The van der Waals surface area contributed by atoms with Crippen LogP contribution < -0.4 is 11.1 Å². The molecule has 0 saturated heterocycles. The van der Waals surface area contributed by atoms with Crippen molar-refractivity contribution < 1.29 is 14.7 Å². The van der Waals surface area contributed by atoms with Crippen LogP contribution in [-0.4, -0.2) is 42.0 Å². The SMILES string of the molecule is CC=O.CN1CNC(CC(N)C(=O)O)=C1S. The van der Waals surface area contributed by atoms with Crippen molar-refractivity contribution in [1.29, 1.82) is 0 Å². The summed E-state index contributed by atoms with van der Waals surface area (Å²) >= 11 is 4.22. The van der Waals surface area contributed by atoms with Crippen molar-refractivity contribution in [1.82, 2.24) is 10.2 Å². The summed E-state index contributed by atoms with van der Waals surface area (Å²) in [5.74, 6) is -0.995. The summed E-state index contributed by atoms with van der Waals surface area (Å²) < 4.78 is 0. The third-order valence-electron chi connectivity index (χ3n) is 1.90. The number of nitrogens with zero attached hydrogens (tertiary/aromatic N) is 1. The molecule has 1 atom stereocenters. The van der Waals surface area contributed by atoms with Crippen LogP contribution in [0, 0.1) is 0 Å². The number of hydrogen-bond donors (Lipinski definition) is 4. The Labute approximate surface area is 99.9 Å². The molecule has 0 aromatic heterocycles. The van der Waals surface area contributed by atoms with Gasteiger partial charge in [-0.2, -0.15) is 0 Å². The molecule has 1 aliphatic heterocycles. The molecule has 0 spiro atoms. The molecular weight excluding hydrogens is 230 g/mol. The fourth-order valence-electron chi connectivity index (χ4n) is 1.07. The molecule has 4 N–H and O–H groups in total. The summed E-state index contributed by atoms with van der Waals surface area (Å²) in [7, 11) is 1.87. The first-order valence-corrected chi connectivity index (χ1v) is 5.14. The molecule has 0 aromatic carbocycles. The summed E-state index contributed by atoms with van der Waals surface area (Å²) in [5, 5.41) is 12.4. The minimum atomic E-state index is -0.995. The van der Waals surface area contributed by atoms with E-state index >= 15 is 0 Å². The van der Waals surface area contributed by atoms with Crippen LogP contribution in [-0.2, 0) is 9.59 Å². The first-order valence-electron chi connectivity index (χ1n) is 4.69. The van der Waals surface area contributed by atoms with Gasteiger partial charge in [-0.25, -0.2) is 0 Å². The summed E-state index contributed by atoms with van der Waals surface area (Å²) in [5.41, 5.74) is 6.17. The van der Waals surface area contributed by atoms with Crippen molar-refractivity contribution in [3.8, 4) is 0 Å². The number of thiol groups is 1. The van der Waals surface area contributed by atoms with Crippen molar-refractivity contribution in [2.75, 3.05) is 13.7 Å². The predicted molar refractivity (Wildman–Crippen MR) is 63.7 cm³/mol. The van der Waals surface area contributed by atoms with Gasteiger partial charge in [-0.05, 0) is 6.92 Å². The Morgan fingerprint density at radius 3 is 2.62 bits per heavy atom. The quantitative estimate of drug-likeness (QED) is 0.400. The zero-order chi connectivity index (χ0) is 12.7. The summed E-state index contributed by atoms with van der Waals surface area (Å²) in [6, 6.07) is -0.865. The molecule has 6 nitrogen and oxygen atoms in total. The third kappa shape index (κ3) is 4.54. The first kappa shape index (κ1) is 14.8. The minimum Gasteiger partial charge on any atom is -0.480 e. The zero-order valence-electron chi connectivity index (χ0n) is 9.30. The average molecular weight is 247 g/mol. The second kappa shape index (κ2) is 7.13. The van der Waals surface area contributed by atoms with Crippen LogP contribution in [0.4, 0.5) is 0 Å². The highest BCUT2D eigenvalue weighted by Gasteiger charge is 2.20. The maximum atomic E-state index is 10.5. The summed E-state index contributed by atoms with van der Waals surface area (Å²) in [4.78, 5) is 21.1. The normalized spacial score (nSPS) is 16.1. The number of carboxylic acid groups (broad SMARTS) is 1. The molecule has 16 heavy (non-hydrogen) atoms. The molecule has 92 valence electrons. The number of carbonyl (C=O) groups excluding carboxylic acids is 1. The van der Waals surface area contributed by atoms with Crippen LogP contribution in [0.2, 0.25) is 0 Å². The monoisotopic (exact) mass is 247 g/mol. The summed E-state index contributed by atoms with van der Waals surface area (Å²) in [6.45, 7) is 2.10. The van der Waals surface area contributed by atoms with Crippen LogP contribution in [0.25, 0.3) is 0 Å². The third-order valence-corrected chi connectivity index (χ3v) is 2.51. The van der Waals surface area contributed by atoms with Crippen molar-refractivity contribution in [3.05, 3.63) is 10.7 Å². The molecule has 0 bridgehead atoms. The van der Waals surface area contributed by atoms with Gasteiger partial charge >= 0.3 is 5.97 Å². The van der Waals surface area contributed by atoms with Crippen LogP contribution in [0.1, 0.15) is 13.3 Å². The van der Waals surface area contributed by atoms with Crippen LogP contribution >= 0.6 is 12.6 Å². The van der Waals surface area contributed by atoms with Gasteiger partial charge in [0.15, 0.2) is 0 Å². The van der Waals surface area contributed by atoms with E-state index in [9.17, 15) is 4.79 Å². The number of rotatable bonds is 3. The van der Waals surface area contributed by atoms with Gasteiger partial charge in [0.2, 0.25) is 0 Å². The number of hydrogen-bond acceptors (Lipinski definition) is 6. The van der Waals surface area contributed by atoms with E-state index in [2.05, 4.69) is 17.9 Å². The number of nitrogens with two attached hydrogens (primary N) is 1. The van der Waals surface area contributed by atoms with E-state index in [1.165, 1.54) is 6.92 Å². The maximum absolute atomic E-state index is 10.5. The first-order chi connectivity index (χ1) is 7.43. The fourth-order valence-corrected chi connectivity index (χ4v) is 1.31. The van der Waals surface area contributed by atoms with E-state index in [0.717, 1.165) is 17.0 Å². The van der Waals surface area contributed by atoms with E-state index in [1.807, 2.05) is 11.9 Å². The van der Waals surface area contributed by atoms with Crippen molar-refractivity contribution >= 4 is 24.9 Å². The van der Waals surface area contributed by atoms with Crippen LogP contribution in [0.3, 0.4) is 0 Å². The molecule has 0 amide bonds. The standard InChI is InChI=1S/C7H13N3O2S.C2H4O/c1-10-3-9-5(6(10)13)2-4(8)7(11)12;1-2-3/h4,9,13H,2-3,8H2,1H3,(H,11,12);2H,1H3. The number of nitrogens with one attached hydrogen (secondary N) is 1. The van der Waals surface area contributed by atoms with E-state index in [0.29, 0.717) is 13.1 Å². The molecule has 7 heteroatoms. The zero-order valence-corrected chi connectivity index (χ0v) is 10.2. The van der Waals surface area contributed by atoms with Gasteiger partial charge in [0.05, 0.1) is 11.7 Å². The lowest BCUT2D eigenvalue weighted by Crippen LogP contribution is -2.32. The lowest BCUT2D eigenvalue weighted by molar-refractivity contribution is -0.138. The fraction of sp³-hybridized carbons (Fsp3) is 0.556. The van der Waals surface area contributed by atoms with Gasteiger partial charge in [-0.3, -0.25) is 4.79 Å². The molecule has 0 fully saturated rings. The Hall–Kier alpha value is -1.21. The van der Waals surface area contributed by atoms with Crippen molar-refractivity contribution in [2.45, 2.75) is 19.4 Å². The second-order valence-corrected chi connectivity index (χ2v) is 3.64.